The van der Waals surface area contributed by atoms with Gasteiger partial charge in [0.25, 0.3) is 0 Å². The van der Waals surface area contributed by atoms with Crippen molar-refractivity contribution in [2.45, 2.75) is 39.2 Å². The molecule has 0 radical (unpaired) electrons. The van der Waals surface area contributed by atoms with E-state index in [4.69, 9.17) is 4.74 Å². The maximum absolute atomic E-state index is 12.7. The summed E-state index contributed by atoms with van der Waals surface area (Å²) in [6.07, 6.45) is 3.90. The van der Waals surface area contributed by atoms with E-state index >= 15 is 0 Å². The summed E-state index contributed by atoms with van der Waals surface area (Å²) in [4.78, 5) is 39.6. The van der Waals surface area contributed by atoms with Crippen LogP contribution in [0.15, 0.2) is 53.5 Å². The number of ether oxygens (including phenoxy) is 1. The number of carbonyl (C=O) groups excluding carboxylic acids is 2. The minimum absolute atomic E-state index is 0.209. The molecule has 0 saturated heterocycles. The van der Waals surface area contributed by atoms with Crippen LogP contribution in [-0.2, 0) is 17.6 Å². The van der Waals surface area contributed by atoms with Gasteiger partial charge in [0.15, 0.2) is 6.10 Å². The highest BCUT2D eigenvalue weighted by molar-refractivity contribution is 6.01. The van der Waals surface area contributed by atoms with Gasteiger partial charge in [-0.2, -0.15) is 0 Å². The molecule has 1 unspecified atom stereocenters. The van der Waals surface area contributed by atoms with E-state index in [9.17, 15) is 14.4 Å². The first kappa shape index (κ1) is 18.9. The van der Waals surface area contributed by atoms with E-state index in [-0.39, 0.29) is 11.5 Å². The van der Waals surface area contributed by atoms with Gasteiger partial charge in [0, 0.05) is 17.5 Å². The van der Waals surface area contributed by atoms with Crippen LogP contribution in [0.5, 0.6) is 0 Å². The monoisotopic (exact) mass is 390 g/mol. The number of rotatable bonds is 5. The Morgan fingerprint density at radius 2 is 1.72 bits per heavy atom. The Labute approximate surface area is 168 Å². The number of nitrogens with one attached hydrogen (secondary N) is 1. The molecule has 1 atom stereocenters. The second kappa shape index (κ2) is 7.54. The molecular formula is C23H22N2O4. The van der Waals surface area contributed by atoms with Crippen LogP contribution in [0.3, 0.4) is 0 Å². The van der Waals surface area contributed by atoms with Gasteiger partial charge in [-0.25, -0.2) is 9.59 Å². The van der Waals surface area contributed by atoms with Crippen LogP contribution in [0, 0.1) is 6.92 Å². The van der Waals surface area contributed by atoms with Gasteiger partial charge in [-0.05, 0) is 74.6 Å². The number of imidazole rings is 1. The Bertz CT molecular complexity index is 1140. The molecule has 2 aromatic carbocycles. The molecule has 0 saturated carbocycles. The summed E-state index contributed by atoms with van der Waals surface area (Å²) >= 11 is 0. The van der Waals surface area contributed by atoms with Gasteiger partial charge in [0.05, 0.1) is 11.3 Å². The first-order valence-corrected chi connectivity index (χ1v) is 9.68. The number of esters is 1. The third kappa shape index (κ3) is 3.66. The lowest BCUT2D eigenvalue weighted by molar-refractivity contribution is 0.0319. The quantitative estimate of drug-likeness (QED) is 0.535. The van der Waals surface area contributed by atoms with Gasteiger partial charge < -0.3 is 9.72 Å². The van der Waals surface area contributed by atoms with E-state index in [1.54, 1.807) is 37.4 Å². The Kier molecular flexibility index (Phi) is 4.92. The molecule has 3 aromatic rings. The zero-order chi connectivity index (χ0) is 20.5. The van der Waals surface area contributed by atoms with Crippen molar-refractivity contribution < 1.29 is 14.3 Å². The predicted molar refractivity (Wildman–Crippen MR) is 109 cm³/mol. The van der Waals surface area contributed by atoms with Crippen molar-refractivity contribution in [3.8, 4) is 5.69 Å². The molecule has 1 aromatic heterocycles. The minimum Gasteiger partial charge on any atom is -0.451 e. The van der Waals surface area contributed by atoms with Crippen molar-refractivity contribution in [2.75, 3.05) is 0 Å². The van der Waals surface area contributed by atoms with Gasteiger partial charge in [0.2, 0.25) is 5.78 Å². The van der Waals surface area contributed by atoms with Gasteiger partial charge in [0.1, 0.15) is 0 Å². The second-order valence-corrected chi connectivity index (χ2v) is 7.37. The number of nitrogens with zero attached hydrogens (tertiary/aromatic N) is 1. The summed E-state index contributed by atoms with van der Waals surface area (Å²) in [5.74, 6) is -0.782. The molecule has 0 aliphatic heterocycles. The standard InChI is InChI=1S/C23H22N2O4/c1-14-13-24-23(28)25(14)20-10-8-17(9-11-20)22(27)29-15(2)21(26)19-7-6-16-4-3-5-18(16)12-19/h6-13,15H,3-5H2,1-2H3,(H,24,28). The Morgan fingerprint density at radius 1 is 1.03 bits per heavy atom. The number of H-pyrrole nitrogens is 1. The smallest absolute Gasteiger partial charge is 0.338 e. The summed E-state index contributed by atoms with van der Waals surface area (Å²) in [7, 11) is 0. The number of aryl methyl sites for hydroxylation is 3. The van der Waals surface area contributed by atoms with Crippen LogP contribution in [0.2, 0.25) is 0 Å². The maximum Gasteiger partial charge on any atom is 0.338 e. The lowest BCUT2D eigenvalue weighted by atomic mass is 10.0. The predicted octanol–water partition coefficient (Wildman–Crippen LogP) is 3.39. The third-order valence-corrected chi connectivity index (χ3v) is 5.36. The number of carbonyl (C=O) groups is 2. The Hall–Kier alpha value is -3.41. The molecule has 6 heteroatoms. The molecule has 0 amide bonds. The van der Waals surface area contributed by atoms with Crippen LogP contribution in [0.25, 0.3) is 5.69 Å². The number of benzene rings is 2. The molecule has 1 heterocycles. The highest BCUT2D eigenvalue weighted by Gasteiger charge is 2.22. The van der Waals surface area contributed by atoms with Crippen molar-refractivity contribution in [3.63, 3.8) is 0 Å². The molecule has 0 spiro atoms. The average Bonchev–Trinajstić information content (AvgIpc) is 3.32. The summed E-state index contributed by atoms with van der Waals surface area (Å²) in [5.41, 5.74) is 4.56. The van der Waals surface area contributed by atoms with E-state index in [1.807, 2.05) is 25.1 Å². The number of hydrogen-bond acceptors (Lipinski definition) is 4. The number of aromatic amines is 1. The fourth-order valence-electron chi connectivity index (χ4n) is 3.76. The molecule has 1 aliphatic carbocycles. The molecule has 1 N–H and O–H groups in total. The summed E-state index contributed by atoms with van der Waals surface area (Å²) < 4.78 is 6.90. The molecule has 1 aliphatic rings. The molecule has 6 nitrogen and oxygen atoms in total. The van der Waals surface area contributed by atoms with Gasteiger partial charge >= 0.3 is 11.7 Å². The van der Waals surface area contributed by atoms with Crippen LogP contribution >= 0.6 is 0 Å². The number of aromatic nitrogens is 2. The van der Waals surface area contributed by atoms with Crippen LogP contribution in [0.4, 0.5) is 0 Å². The zero-order valence-electron chi connectivity index (χ0n) is 16.4. The van der Waals surface area contributed by atoms with E-state index in [0.717, 1.165) is 25.0 Å². The van der Waals surface area contributed by atoms with E-state index in [1.165, 1.54) is 15.7 Å². The number of fused-ring (bicyclic) bond motifs is 1. The van der Waals surface area contributed by atoms with Crippen molar-refractivity contribution in [3.05, 3.63) is 87.1 Å². The van der Waals surface area contributed by atoms with Crippen molar-refractivity contribution in [2.24, 2.45) is 0 Å². The topological polar surface area (TPSA) is 81.2 Å². The normalized spacial score (nSPS) is 13.7. The lowest BCUT2D eigenvalue weighted by Crippen LogP contribution is -2.24. The lowest BCUT2D eigenvalue weighted by Gasteiger charge is -2.13. The largest absolute Gasteiger partial charge is 0.451 e. The Balaban J connectivity index is 1.46. The van der Waals surface area contributed by atoms with Crippen molar-refractivity contribution in [1.29, 1.82) is 0 Å². The zero-order valence-corrected chi connectivity index (χ0v) is 16.4. The Morgan fingerprint density at radius 3 is 2.41 bits per heavy atom. The van der Waals surface area contributed by atoms with E-state index < -0.39 is 12.1 Å². The SMILES string of the molecule is Cc1c[nH]c(=O)n1-c1ccc(C(=O)OC(C)C(=O)c2ccc3c(c2)CCC3)cc1. The molecule has 4 rings (SSSR count). The molecule has 0 fully saturated rings. The molecule has 148 valence electrons. The van der Waals surface area contributed by atoms with Crippen molar-refractivity contribution >= 4 is 11.8 Å². The van der Waals surface area contributed by atoms with Crippen LogP contribution < -0.4 is 5.69 Å². The van der Waals surface area contributed by atoms with Gasteiger partial charge in [-0.3, -0.25) is 9.36 Å². The third-order valence-electron chi connectivity index (χ3n) is 5.36. The average molecular weight is 390 g/mol. The number of hydrogen-bond donors (Lipinski definition) is 1. The van der Waals surface area contributed by atoms with E-state index in [2.05, 4.69) is 4.98 Å². The molecular weight excluding hydrogens is 368 g/mol. The maximum atomic E-state index is 12.7. The highest BCUT2D eigenvalue weighted by atomic mass is 16.5. The first-order chi connectivity index (χ1) is 13.9. The van der Waals surface area contributed by atoms with Gasteiger partial charge in [-0.15, -0.1) is 0 Å². The summed E-state index contributed by atoms with van der Waals surface area (Å²) in [5, 5.41) is 0. The number of ketones is 1. The fourth-order valence-corrected chi connectivity index (χ4v) is 3.76. The molecule has 29 heavy (non-hydrogen) atoms. The highest BCUT2D eigenvalue weighted by Crippen LogP contribution is 2.23. The molecule has 0 bridgehead atoms. The summed E-state index contributed by atoms with van der Waals surface area (Å²) in [6.45, 7) is 3.40. The second-order valence-electron chi connectivity index (χ2n) is 7.37. The first-order valence-electron chi connectivity index (χ1n) is 9.68. The number of Topliss-reactive ketones (excluding diaryl/α,β-unsaturated/α-hetero) is 1. The van der Waals surface area contributed by atoms with Gasteiger partial charge in [-0.1, -0.05) is 12.1 Å². The summed E-state index contributed by atoms with van der Waals surface area (Å²) in [6, 6.07) is 12.2. The van der Waals surface area contributed by atoms with Crippen LogP contribution in [-0.4, -0.2) is 27.4 Å². The van der Waals surface area contributed by atoms with E-state index in [0.29, 0.717) is 16.8 Å². The van der Waals surface area contributed by atoms with Crippen molar-refractivity contribution in [1.82, 2.24) is 9.55 Å². The fraction of sp³-hybridized carbons (Fsp3) is 0.261. The van der Waals surface area contributed by atoms with Crippen LogP contribution in [0.1, 0.15) is 50.9 Å². The minimum atomic E-state index is -0.879.